The molecule has 0 spiro atoms. The molecular weight excluding hydrogens is 333 g/mol. The monoisotopic (exact) mass is 345 g/mol. The van der Waals surface area contributed by atoms with Gasteiger partial charge in [0.25, 0.3) is 5.91 Å². The summed E-state index contributed by atoms with van der Waals surface area (Å²) in [6, 6.07) is 11.5. The molecule has 1 amide bonds. The summed E-state index contributed by atoms with van der Waals surface area (Å²) in [4.78, 5) is 12.3. The normalized spacial score (nSPS) is 10.5. The average Bonchev–Trinajstić information content (AvgIpc) is 3.01. The maximum atomic E-state index is 13.2. The highest BCUT2D eigenvalue weighted by atomic mass is 35.5. The number of H-pyrrole nitrogens is 1. The van der Waals surface area contributed by atoms with E-state index in [9.17, 15) is 9.18 Å². The molecule has 0 saturated carbocycles. The third-order valence-corrected chi connectivity index (χ3v) is 3.54. The van der Waals surface area contributed by atoms with Gasteiger partial charge in [0.15, 0.2) is 11.5 Å². The van der Waals surface area contributed by atoms with Crippen LogP contribution in [-0.4, -0.2) is 21.3 Å². The largest absolute Gasteiger partial charge is 0.337 e. The molecule has 3 rings (SSSR count). The first-order chi connectivity index (χ1) is 11.5. The number of halogens is 2. The number of amides is 1. The summed E-state index contributed by atoms with van der Waals surface area (Å²) in [5, 5.41) is 15.7. The number of carbonyl (C=O) groups excluding carboxylic acids is 1. The lowest BCUT2D eigenvalue weighted by molar-refractivity contribution is 0.102. The summed E-state index contributed by atoms with van der Waals surface area (Å²) >= 11 is 5.70. The fourth-order valence-electron chi connectivity index (χ4n) is 2.01. The number of aromatic amines is 1. The molecule has 0 aliphatic carbocycles. The van der Waals surface area contributed by atoms with E-state index in [0.29, 0.717) is 5.69 Å². The van der Waals surface area contributed by atoms with Crippen molar-refractivity contribution in [2.24, 2.45) is 0 Å². The summed E-state index contributed by atoms with van der Waals surface area (Å²) in [5.74, 6) is -0.775. The lowest BCUT2D eigenvalue weighted by Gasteiger charge is -2.07. The van der Waals surface area contributed by atoms with Gasteiger partial charge in [-0.05, 0) is 37.3 Å². The molecule has 0 unspecified atom stereocenters. The van der Waals surface area contributed by atoms with Crippen LogP contribution in [0, 0.1) is 12.7 Å². The Morgan fingerprint density at radius 1 is 1.12 bits per heavy atom. The molecule has 1 heterocycles. The predicted molar refractivity (Wildman–Crippen MR) is 90.2 cm³/mol. The van der Waals surface area contributed by atoms with Crippen LogP contribution in [0.25, 0.3) is 0 Å². The van der Waals surface area contributed by atoms with Crippen molar-refractivity contribution in [1.29, 1.82) is 0 Å². The molecule has 0 aliphatic rings. The molecule has 0 aliphatic heterocycles. The molecule has 6 nitrogen and oxygen atoms in total. The van der Waals surface area contributed by atoms with Crippen molar-refractivity contribution >= 4 is 34.7 Å². The smallest absolute Gasteiger partial charge is 0.280 e. The van der Waals surface area contributed by atoms with Crippen LogP contribution in [0.15, 0.2) is 42.5 Å². The van der Waals surface area contributed by atoms with Gasteiger partial charge in [-0.15, -0.1) is 10.2 Å². The quantitative estimate of drug-likeness (QED) is 0.669. The Morgan fingerprint density at radius 2 is 1.83 bits per heavy atom. The first-order valence-corrected chi connectivity index (χ1v) is 7.41. The van der Waals surface area contributed by atoms with Crippen LogP contribution in [0.3, 0.4) is 0 Å². The minimum absolute atomic E-state index is 0.0778. The van der Waals surface area contributed by atoms with E-state index in [4.69, 9.17) is 11.6 Å². The fourth-order valence-corrected chi connectivity index (χ4v) is 2.19. The molecule has 3 aromatic rings. The minimum Gasteiger partial charge on any atom is -0.337 e. The van der Waals surface area contributed by atoms with Gasteiger partial charge in [-0.2, -0.15) is 5.21 Å². The van der Waals surface area contributed by atoms with Crippen LogP contribution in [0.5, 0.6) is 0 Å². The van der Waals surface area contributed by atoms with E-state index < -0.39 is 11.7 Å². The molecule has 0 saturated heterocycles. The Hall–Kier alpha value is -2.93. The van der Waals surface area contributed by atoms with Crippen LogP contribution < -0.4 is 10.6 Å². The van der Waals surface area contributed by atoms with Crippen molar-refractivity contribution in [3.63, 3.8) is 0 Å². The molecular formula is C16H13ClFN5O. The molecule has 2 aromatic carbocycles. The Bertz CT molecular complexity index is 878. The number of aryl methyl sites for hydroxylation is 1. The van der Waals surface area contributed by atoms with Gasteiger partial charge in [0.2, 0.25) is 0 Å². The summed E-state index contributed by atoms with van der Waals surface area (Å²) in [5.41, 5.74) is 2.33. The number of rotatable bonds is 4. The van der Waals surface area contributed by atoms with Crippen LogP contribution in [0.1, 0.15) is 16.1 Å². The summed E-state index contributed by atoms with van der Waals surface area (Å²) in [7, 11) is 0. The highest BCUT2D eigenvalue weighted by Gasteiger charge is 2.17. The van der Waals surface area contributed by atoms with Gasteiger partial charge >= 0.3 is 0 Å². The highest BCUT2D eigenvalue weighted by Crippen LogP contribution is 2.21. The molecule has 0 fully saturated rings. The second-order valence-electron chi connectivity index (χ2n) is 5.09. The van der Waals surface area contributed by atoms with Crippen LogP contribution >= 0.6 is 11.6 Å². The number of benzene rings is 2. The van der Waals surface area contributed by atoms with Crippen molar-refractivity contribution in [2.75, 3.05) is 10.6 Å². The first-order valence-electron chi connectivity index (χ1n) is 7.04. The average molecular weight is 346 g/mol. The molecule has 8 heteroatoms. The number of carbonyl (C=O) groups is 1. The van der Waals surface area contributed by atoms with E-state index in [1.165, 1.54) is 18.2 Å². The SMILES string of the molecule is Cc1ccc(Nc2n[nH]nc2C(=O)Nc2ccc(F)c(Cl)c2)cc1. The van der Waals surface area contributed by atoms with Gasteiger partial charge in [0.1, 0.15) is 5.82 Å². The highest BCUT2D eigenvalue weighted by molar-refractivity contribution is 6.31. The predicted octanol–water partition coefficient (Wildman–Crippen LogP) is 3.90. The molecule has 0 radical (unpaired) electrons. The van der Waals surface area contributed by atoms with E-state index in [2.05, 4.69) is 26.0 Å². The van der Waals surface area contributed by atoms with Gasteiger partial charge in [0.05, 0.1) is 5.02 Å². The topological polar surface area (TPSA) is 82.7 Å². The zero-order chi connectivity index (χ0) is 17.1. The number of anilines is 3. The van der Waals surface area contributed by atoms with Crippen molar-refractivity contribution in [3.8, 4) is 0 Å². The molecule has 1 aromatic heterocycles. The zero-order valence-electron chi connectivity index (χ0n) is 12.6. The van der Waals surface area contributed by atoms with E-state index in [-0.39, 0.29) is 16.5 Å². The lowest BCUT2D eigenvalue weighted by atomic mass is 10.2. The molecule has 122 valence electrons. The third kappa shape index (κ3) is 3.52. The van der Waals surface area contributed by atoms with Crippen molar-refractivity contribution in [3.05, 3.63) is 64.6 Å². The summed E-state index contributed by atoms with van der Waals surface area (Å²) in [6.07, 6.45) is 0. The second-order valence-corrected chi connectivity index (χ2v) is 5.50. The Labute approximate surface area is 142 Å². The fraction of sp³-hybridized carbons (Fsp3) is 0.0625. The first kappa shape index (κ1) is 15.9. The Morgan fingerprint density at radius 3 is 2.54 bits per heavy atom. The summed E-state index contributed by atoms with van der Waals surface area (Å²) in [6.45, 7) is 1.98. The third-order valence-electron chi connectivity index (χ3n) is 3.25. The van der Waals surface area contributed by atoms with Gasteiger partial charge in [0, 0.05) is 11.4 Å². The lowest BCUT2D eigenvalue weighted by Crippen LogP contribution is -2.14. The number of nitrogens with zero attached hydrogens (tertiary/aromatic N) is 2. The van der Waals surface area contributed by atoms with Crippen LogP contribution in [0.4, 0.5) is 21.6 Å². The van der Waals surface area contributed by atoms with Gasteiger partial charge in [-0.3, -0.25) is 4.79 Å². The van der Waals surface area contributed by atoms with Crippen LogP contribution in [-0.2, 0) is 0 Å². The van der Waals surface area contributed by atoms with Crippen molar-refractivity contribution < 1.29 is 9.18 Å². The van der Waals surface area contributed by atoms with Crippen molar-refractivity contribution in [1.82, 2.24) is 15.4 Å². The maximum absolute atomic E-state index is 13.2. The maximum Gasteiger partial charge on any atom is 0.280 e. The molecule has 0 atom stereocenters. The standard InChI is InChI=1S/C16H13ClFN5O/c1-9-2-4-10(5-3-9)19-15-14(21-23-22-15)16(24)20-11-6-7-13(18)12(17)8-11/h2-8H,1H3,(H,20,24)(H2,19,21,22,23). The number of nitrogens with one attached hydrogen (secondary N) is 3. The Kier molecular flexibility index (Phi) is 4.43. The van der Waals surface area contributed by atoms with Crippen molar-refractivity contribution in [2.45, 2.75) is 6.92 Å². The van der Waals surface area contributed by atoms with Gasteiger partial charge < -0.3 is 10.6 Å². The minimum atomic E-state index is -0.558. The number of hydrogen-bond acceptors (Lipinski definition) is 4. The second kappa shape index (κ2) is 6.67. The molecule has 24 heavy (non-hydrogen) atoms. The summed E-state index contributed by atoms with van der Waals surface area (Å²) < 4.78 is 13.2. The van der Waals surface area contributed by atoms with E-state index in [1.54, 1.807) is 0 Å². The molecule has 3 N–H and O–H groups in total. The number of hydrogen-bond donors (Lipinski definition) is 3. The number of aromatic nitrogens is 3. The van der Waals surface area contributed by atoms with Gasteiger partial charge in [-0.1, -0.05) is 29.3 Å². The molecule has 0 bridgehead atoms. The van der Waals surface area contributed by atoms with E-state index in [0.717, 1.165) is 11.3 Å². The van der Waals surface area contributed by atoms with E-state index in [1.807, 2.05) is 31.2 Å². The Balaban J connectivity index is 1.77. The van der Waals surface area contributed by atoms with Gasteiger partial charge in [-0.25, -0.2) is 4.39 Å². The van der Waals surface area contributed by atoms with E-state index >= 15 is 0 Å². The van der Waals surface area contributed by atoms with Crippen LogP contribution in [0.2, 0.25) is 5.02 Å². The zero-order valence-corrected chi connectivity index (χ0v) is 13.4.